The number of allylic oxidation sites excluding steroid dienone is 1. The van der Waals surface area contributed by atoms with E-state index in [1.165, 1.54) is 12.7 Å². The van der Waals surface area contributed by atoms with E-state index in [1.807, 2.05) is 30.3 Å². The quantitative estimate of drug-likeness (QED) is 0.412. The Labute approximate surface area is 221 Å². The fourth-order valence-corrected chi connectivity index (χ4v) is 6.37. The summed E-state index contributed by atoms with van der Waals surface area (Å²) in [6, 6.07) is 11.5. The van der Waals surface area contributed by atoms with E-state index < -0.39 is 29.7 Å². The Morgan fingerprint density at radius 2 is 1.87 bits per heavy atom. The molecule has 3 aliphatic rings. The van der Waals surface area contributed by atoms with Crippen LogP contribution in [0.1, 0.15) is 38.2 Å². The van der Waals surface area contributed by atoms with E-state index in [-0.39, 0.29) is 17.8 Å². The lowest BCUT2D eigenvalue weighted by atomic mass is 9.69. The van der Waals surface area contributed by atoms with Gasteiger partial charge in [0.25, 0.3) is 0 Å². The Hall–Kier alpha value is -3.49. The largest absolute Gasteiger partial charge is 0.507 e. The van der Waals surface area contributed by atoms with Gasteiger partial charge in [-0.15, -0.1) is 0 Å². The van der Waals surface area contributed by atoms with E-state index >= 15 is 0 Å². The molecule has 3 amide bonds. The standard InChI is InChI=1S/C30H33NO7/c1-4-17(13-18-10-11-24(32)21-8-6-5-7-20(18)21)9-12-25-26-19(15-36-2)14-22-27(23(26)16-38-25)29(34)31(28(22)33)30(35)37-3/h5-8,10-11,13,22-23,25,27,32H,4,9,12,14-16H2,1-3H3/b17-13+/t22-,23+,25-,27-/m1/s1. The molecule has 2 heterocycles. The number of methoxy groups -OCH3 is 2. The third-order valence-corrected chi connectivity index (χ3v) is 8.16. The summed E-state index contributed by atoms with van der Waals surface area (Å²) in [4.78, 5) is 39.0. The van der Waals surface area contributed by atoms with Gasteiger partial charge in [0.2, 0.25) is 11.8 Å². The lowest BCUT2D eigenvalue weighted by Crippen LogP contribution is -2.38. The number of phenols is 1. The average Bonchev–Trinajstić information content (AvgIpc) is 3.46. The zero-order valence-electron chi connectivity index (χ0n) is 21.9. The number of carbonyl (C=O) groups excluding carboxylic acids is 3. The second-order valence-corrected chi connectivity index (χ2v) is 10.2. The van der Waals surface area contributed by atoms with Crippen molar-refractivity contribution in [3.8, 4) is 5.75 Å². The number of rotatable bonds is 7. The monoisotopic (exact) mass is 519 g/mol. The van der Waals surface area contributed by atoms with Crippen LogP contribution in [-0.2, 0) is 23.8 Å². The number of ether oxygens (including phenoxy) is 3. The van der Waals surface area contributed by atoms with Crippen LogP contribution in [0.15, 0.2) is 53.1 Å². The molecule has 2 aliphatic heterocycles. The molecule has 2 saturated heterocycles. The molecule has 200 valence electrons. The SMILES string of the molecule is CC/C(=C\c1ccc(O)c2ccccc12)CC[C@H]1OC[C@H]2C1=C(COC)C[C@H]1C(=O)N(C(=O)OC)C(=O)[C@H]12. The van der Waals surface area contributed by atoms with Gasteiger partial charge in [-0.1, -0.05) is 48.9 Å². The molecule has 0 bridgehead atoms. The normalized spacial score (nSPS) is 25.2. The molecule has 0 radical (unpaired) electrons. The molecule has 8 heteroatoms. The third-order valence-electron chi connectivity index (χ3n) is 8.16. The molecule has 1 N–H and O–H groups in total. The van der Waals surface area contributed by atoms with Gasteiger partial charge in [-0.3, -0.25) is 9.59 Å². The molecule has 38 heavy (non-hydrogen) atoms. The van der Waals surface area contributed by atoms with Crippen molar-refractivity contribution in [1.82, 2.24) is 4.90 Å². The summed E-state index contributed by atoms with van der Waals surface area (Å²) in [7, 11) is 2.78. The van der Waals surface area contributed by atoms with Crippen molar-refractivity contribution in [2.45, 2.75) is 38.7 Å². The number of likely N-dealkylation sites (tertiary alicyclic amines) is 1. The van der Waals surface area contributed by atoms with Gasteiger partial charge < -0.3 is 19.3 Å². The second kappa shape index (κ2) is 10.7. The van der Waals surface area contributed by atoms with Crippen molar-refractivity contribution in [2.24, 2.45) is 17.8 Å². The van der Waals surface area contributed by atoms with E-state index in [2.05, 4.69) is 13.0 Å². The van der Waals surface area contributed by atoms with Crippen molar-refractivity contribution in [3.63, 3.8) is 0 Å². The van der Waals surface area contributed by atoms with E-state index in [0.717, 1.165) is 46.7 Å². The fourth-order valence-electron chi connectivity index (χ4n) is 6.37. The van der Waals surface area contributed by atoms with Crippen molar-refractivity contribution in [1.29, 1.82) is 0 Å². The zero-order valence-corrected chi connectivity index (χ0v) is 21.9. The number of amides is 3. The lowest BCUT2D eigenvalue weighted by molar-refractivity contribution is -0.137. The molecule has 2 fully saturated rings. The number of phenolic OH excluding ortho intramolecular Hbond substituents is 1. The summed E-state index contributed by atoms with van der Waals surface area (Å²) in [5.74, 6) is -2.21. The molecule has 5 rings (SSSR count). The second-order valence-electron chi connectivity index (χ2n) is 10.2. The maximum atomic E-state index is 13.2. The van der Waals surface area contributed by atoms with Crippen molar-refractivity contribution in [2.75, 3.05) is 27.4 Å². The van der Waals surface area contributed by atoms with E-state index in [9.17, 15) is 19.5 Å². The van der Waals surface area contributed by atoms with Crippen molar-refractivity contribution < 1.29 is 33.7 Å². The first-order valence-corrected chi connectivity index (χ1v) is 13.1. The van der Waals surface area contributed by atoms with Crippen LogP contribution in [0.2, 0.25) is 0 Å². The first kappa shape index (κ1) is 26.1. The van der Waals surface area contributed by atoms with Gasteiger partial charge in [0, 0.05) is 18.4 Å². The minimum absolute atomic E-state index is 0.187. The molecule has 0 unspecified atom stereocenters. The minimum atomic E-state index is -0.931. The van der Waals surface area contributed by atoms with Gasteiger partial charge >= 0.3 is 6.09 Å². The highest BCUT2D eigenvalue weighted by atomic mass is 16.5. The molecule has 8 nitrogen and oxygen atoms in total. The Kier molecular flexibility index (Phi) is 7.36. The predicted octanol–water partition coefficient (Wildman–Crippen LogP) is 4.85. The van der Waals surface area contributed by atoms with E-state index in [1.54, 1.807) is 13.2 Å². The van der Waals surface area contributed by atoms with Crippen molar-refractivity contribution >= 4 is 34.8 Å². The average molecular weight is 520 g/mol. The Bertz CT molecular complexity index is 1340. The van der Waals surface area contributed by atoms with Crippen LogP contribution in [0.25, 0.3) is 16.8 Å². The molecule has 2 aromatic carbocycles. The number of aromatic hydroxyl groups is 1. The molecule has 0 spiro atoms. The molecular weight excluding hydrogens is 486 g/mol. The molecule has 0 saturated carbocycles. The number of hydrogen-bond acceptors (Lipinski definition) is 7. The van der Waals surface area contributed by atoms with Crippen LogP contribution in [0.4, 0.5) is 4.79 Å². The first-order valence-electron chi connectivity index (χ1n) is 13.1. The Balaban J connectivity index is 1.39. The Morgan fingerprint density at radius 1 is 1.11 bits per heavy atom. The summed E-state index contributed by atoms with van der Waals surface area (Å²) in [6.07, 6.45) is 3.83. The third kappa shape index (κ3) is 4.41. The summed E-state index contributed by atoms with van der Waals surface area (Å²) < 4.78 is 16.4. The molecule has 0 aromatic heterocycles. The van der Waals surface area contributed by atoms with Gasteiger partial charge in [-0.2, -0.15) is 4.90 Å². The number of benzene rings is 2. The smallest absolute Gasteiger partial charge is 0.423 e. The summed E-state index contributed by atoms with van der Waals surface area (Å²) in [6.45, 7) is 2.80. The van der Waals surface area contributed by atoms with Crippen LogP contribution >= 0.6 is 0 Å². The topological polar surface area (TPSA) is 102 Å². The summed E-state index contributed by atoms with van der Waals surface area (Å²) in [5.41, 5.74) is 4.34. The van der Waals surface area contributed by atoms with E-state index in [0.29, 0.717) is 24.5 Å². The minimum Gasteiger partial charge on any atom is -0.507 e. The summed E-state index contributed by atoms with van der Waals surface area (Å²) in [5, 5.41) is 12.1. The highest BCUT2D eigenvalue weighted by Crippen LogP contribution is 2.50. The number of fused-ring (bicyclic) bond motifs is 4. The van der Waals surface area contributed by atoms with Gasteiger partial charge in [-0.25, -0.2) is 4.79 Å². The maximum absolute atomic E-state index is 13.2. The predicted molar refractivity (Wildman–Crippen MR) is 141 cm³/mol. The lowest BCUT2D eigenvalue weighted by Gasteiger charge is -2.31. The highest BCUT2D eigenvalue weighted by Gasteiger charge is 2.58. The van der Waals surface area contributed by atoms with Gasteiger partial charge in [-0.05, 0) is 53.8 Å². The van der Waals surface area contributed by atoms with Crippen LogP contribution < -0.4 is 0 Å². The van der Waals surface area contributed by atoms with Gasteiger partial charge in [0.05, 0.1) is 38.3 Å². The zero-order chi connectivity index (χ0) is 27.0. The first-order chi connectivity index (χ1) is 18.4. The van der Waals surface area contributed by atoms with Crippen LogP contribution in [0.5, 0.6) is 5.75 Å². The van der Waals surface area contributed by atoms with Gasteiger partial charge in [0.1, 0.15) is 5.75 Å². The number of hydrogen-bond donors (Lipinski definition) is 1. The van der Waals surface area contributed by atoms with Crippen LogP contribution in [0, 0.1) is 17.8 Å². The van der Waals surface area contributed by atoms with E-state index in [4.69, 9.17) is 14.2 Å². The van der Waals surface area contributed by atoms with Crippen LogP contribution in [-0.4, -0.2) is 61.5 Å². The maximum Gasteiger partial charge on any atom is 0.423 e. The number of nitrogens with zero attached hydrogens (tertiary/aromatic N) is 1. The van der Waals surface area contributed by atoms with Crippen LogP contribution in [0.3, 0.4) is 0 Å². The number of imide groups is 3. The molecule has 4 atom stereocenters. The van der Waals surface area contributed by atoms with Crippen molar-refractivity contribution in [3.05, 3.63) is 58.7 Å². The Morgan fingerprint density at radius 3 is 2.58 bits per heavy atom. The number of carbonyl (C=O) groups is 3. The molecule has 1 aliphatic carbocycles. The molecular formula is C30H33NO7. The van der Waals surface area contributed by atoms with Gasteiger partial charge in [0.15, 0.2) is 0 Å². The molecule has 2 aromatic rings. The summed E-state index contributed by atoms with van der Waals surface area (Å²) >= 11 is 0. The fraction of sp³-hybridized carbons (Fsp3) is 0.433. The highest BCUT2D eigenvalue weighted by molar-refractivity contribution is 6.16.